The third kappa shape index (κ3) is 3.36. The standard InChI is InChI=1S/C13H19N3O3S/c1-20(18,19)16-9-7-15(8-10-16)12(13(14)17)11-5-3-2-4-6-11/h2-6,12H,7-10H2,1H3,(H2,14,17)/t12-/m0/s1. The Hall–Kier alpha value is -1.44. The smallest absolute Gasteiger partial charge is 0.239 e. The van der Waals surface area contributed by atoms with E-state index in [9.17, 15) is 13.2 Å². The van der Waals surface area contributed by atoms with E-state index < -0.39 is 22.0 Å². The molecule has 1 amide bonds. The van der Waals surface area contributed by atoms with Gasteiger partial charge in [-0.15, -0.1) is 0 Å². The number of rotatable bonds is 4. The number of sulfonamides is 1. The summed E-state index contributed by atoms with van der Waals surface area (Å²) >= 11 is 0. The van der Waals surface area contributed by atoms with Crippen LogP contribution in [0.4, 0.5) is 0 Å². The van der Waals surface area contributed by atoms with Crippen molar-refractivity contribution in [3.8, 4) is 0 Å². The SMILES string of the molecule is CS(=O)(=O)N1CCN([C@H](C(N)=O)c2ccccc2)CC1. The highest BCUT2D eigenvalue weighted by atomic mass is 32.2. The van der Waals surface area contributed by atoms with Crippen LogP contribution in [0.5, 0.6) is 0 Å². The monoisotopic (exact) mass is 297 g/mol. The van der Waals surface area contributed by atoms with Crippen molar-refractivity contribution in [2.75, 3.05) is 32.4 Å². The number of carbonyl (C=O) groups is 1. The molecule has 7 heteroatoms. The zero-order chi connectivity index (χ0) is 14.8. The molecule has 0 spiro atoms. The van der Waals surface area contributed by atoms with Crippen LogP contribution in [0.15, 0.2) is 30.3 Å². The third-order valence-corrected chi connectivity index (χ3v) is 4.80. The third-order valence-electron chi connectivity index (χ3n) is 3.49. The van der Waals surface area contributed by atoms with Crippen molar-refractivity contribution in [3.05, 3.63) is 35.9 Å². The molecule has 1 fully saturated rings. The Morgan fingerprint density at radius 3 is 2.15 bits per heavy atom. The Labute approximate surface area is 119 Å². The summed E-state index contributed by atoms with van der Waals surface area (Å²) in [7, 11) is -3.17. The minimum Gasteiger partial charge on any atom is -0.368 e. The summed E-state index contributed by atoms with van der Waals surface area (Å²) in [6.07, 6.45) is 1.20. The van der Waals surface area contributed by atoms with Crippen molar-refractivity contribution in [2.45, 2.75) is 6.04 Å². The van der Waals surface area contributed by atoms with Crippen LogP contribution in [0.3, 0.4) is 0 Å². The summed E-state index contributed by atoms with van der Waals surface area (Å²) in [6, 6.07) is 8.81. The molecule has 1 atom stereocenters. The number of piperazine rings is 1. The molecule has 0 saturated carbocycles. The summed E-state index contributed by atoms with van der Waals surface area (Å²) in [4.78, 5) is 13.7. The van der Waals surface area contributed by atoms with E-state index in [-0.39, 0.29) is 0 Å². The van der Waals surface area contributed by atoms with Crippen molar-refractivity contribution in [3.63, 3.8) is 0 Å². The van der Waals surface area contributed by atoms with E-state index in [4.69, 9.17) is 5.73 Å². The summed E-state index contributed by atoms with van der Waals surface area (Å²) in [5.74, 6) is -0.413. The zero-order valence-electron chi connectivity index (χ0n) is 11.4. The highest BCUT2D eigenvalue weighted by Gasteiger charge is 2.31. The van der Waals surface area contributed by atoms with Gasteiger partial charge < -0.3 is 5.73 Å². The molecule has 1 aliphatic heterocycles. The Balaban J connectivity index is 2.12. The van der Waals surface area contributed by atoms with Crippen molar-refractivity contribution in [1.82, 2.24) is 9.21 Å². The van der Waals surface area contributed by atoms with E-state index in [0.717, 1.165) is 5.56 Å². The van der Waals surface area contributed by atoms with E-state index >= 15 is 0 Å². The maximum absolute atomic E-state index is 11.7. The second-order valence-electron chi connectivity index (χ2n) is 4.91. The van der Waals surface area contributed by atoms with Gasteiger partial charge in [0.05, 0.1) is 6.26 Å². The predicted octanol–water partition coefficient (Wildman–Crippen LogP) is -0.210. The van der Waals surface area contributed by atoms with E-state index in [1.807, 2.05) is 35.2 Å². The molecular weight excluding hydrogens is 278 g/mol. The maximum atomic E-state index is 11.7. The Bertz CT molecular complexity index is 566. The predicted molar refractivity (Wildman–Crippen MR) is 76.4 cm³/mol. The van der Waals surface area contributed by atoms with Gasteiger partial charge in [0.2, 0.25) is 15.9 Å². The topological polar surface area (TPSA) is 83.7 Å². The van der Waals surface area contributed by atoms with Crippen molar-refractivity contribution < 1.29 is 13.2 Å². The lowest BCUT2D eigenvalue weighted by Crippen LogP contribution is -2.51. The van der Waals surface area contributed by atoms with Crippen LogP contribution in [0.25, 0.3) is 0 Å². The molecule has 1 aliphatic rings. The number of hydrogen-bond donors (Lipinski definition) is 1. The second-order valence-corrected chi connectivity index (χ2v) is 6.90. The first kappa shape index (κ1) is 15.0. The lowest BCUT2D eigenvalue weighted by Gasteiger charge is -2.37. The van der Waals surface area contributed by atoms with Gasteiger partial charge in [-0.25, -0.2) is 8.42 Å². The molecule has 0 unspecified atom stereocenters. The molecular formula is C13H19N3O3S. The molecule has 1 heterocycles. The average Bonchev–Trinajstić information content (AvgIpc) is 2.39. The molecule has 0 aromatic heterocycles. The number of hydrogen-bond acceptors (Lipinski definition) is 4. The Morgan fingerprint density at radius 1 is 1.15 bits per heavy atom. The minimum absolute atomic E-state index is 0.384. The molecule has 1 saturated heterocycles. The number of nitrogens with zero attached hydrogens (tertiary/aromatic N) is 2. The molecule has 2 N–H and O–H groups in total. The molecule has 6 nitrogen and oxygen atoms in total. The molecule has 0 aliphatic carbocycles. The summed E-state index contributed by atoms with van der Waals surface area (Å²) < 4.78 is 24.4. The molecule has 110 valence electrons. The van der Waals surface area contributed by atoms with Crippen LogP contribution in [-0.2, 0) is 14.8 Å². The molecule has 1 aromatic rings. The first-order valence-corrected chi connectivity index (χ1v) is 8.28. The summed E-state index contributed by atoms with van der Waals surface area (Å²) in [6.45, 7) is 1.76. The Kier molecular flexibility index (Phi) is 4.42. The minimum atomic E-state index is -3.17. The average molecular weight is 297 g/mol. The normalized spacial score (nSPS) is 19.6. The highest BCUT2D eigenvalue weighted by molar-refractivity contribution is 7.88. The van der Waals surface area contributed by atoms with E-state index in [1.165, 1.54) is 10.6 Å². The number of nitrogens with two attached hydrogens (primary N) is 1. The lowest BCUT2D eigenvalue weighted by molar-refractivity contribution is -0.124. The number of primary amides is 1. The Morgan fingerprint density at radius 2 is 1.70 bits per heavy atom. The van der Waals surface area contributed by atoms with Crippen LogP contribution in [0, 0.1) is 0 Å². The molecule has 1 aromatic carbocycles. The fourth-order valence-corrected chi connectivity index (χ4v) is 3.31. The first-order chi connectivity index (χ1) is 9.39. The van der Waals surface area contributed by atoms with Crippen LogP contribution in [-0.4, -0.2) is 56.0 Å². The maximum Gasteiger partial charge on any atom is 0.239 e. The molecule has 2 rings (SSSR count). The van der Waals surface area contributed by atoms with Gasteiger partial charge in [-0.05, 0) is 5.56 Å². The second kappa shape index (κ2) is 5.90. The van der Waals surface area contributed by atoms with Gasteiger partial charge >= 0.3 is 0 Å². The van der Waals surface area contributed by atoms with Gasteiger partial charge in [0.1, 0.15) is 6.04 Å². The number of amides is 1. The van der Waals surface area contributed by atoms with Crippen LogP contribution >= 0.6 is 0 Å². The quantitative estimate of drug-likeness (QED) is 0.833. The van der Waals surface area contributed by atoms with E-state index in [0.29, 0.717) is 26.2 Å². The largest absolute Gasteiger partial charge is 0.368 e. The van der Waals surface area contributed by atoms with E-state index in [1.54, 1.807) is 0 Å². The fraction of sp³-hybridized carbons (Fsp3) is 0.462. The van der Waals surface area contributed by atoms with Crippen molar-refractivity contribution >= 4 is 15.9 Å². The van der Waals surface area contributed by atoms with Crippen LogP contribution in [0.2, 0.25) is 0 Å². The highest BCUT2D eigenvalue weighted by Crippen LogP contribution is 2.22. The van der Waals surface area contributed by atoms with Gasteiger partial charge in [-0.1, -0.05) is 30.3 Å². The van der Waals surface area contributed by atoms with Crippen molar-refractivity contribution in [1.29, 1.82) is 0 Å². The molecule has 0 bridgehead atoms. The van der Waals surface area contributed by atoms with Gasteiger partial charge in [-0.2, -0.15) is 4.31 Å². The van der Waals surface area contributed by atoms with Crippen LogP contribution in [0.1, 0.15) is 11.6 Å². The zero-order valence-corrected chi connectivity index (χ0v) is 12.2. The number of benzene rings is 1. The van der Waals surface area contributed by atoms with Gasteiger partial charge in [0.25, 0.3) is 0 Å². The van der Waals surface area contributed by atoms with Gasteiger partial charge in [-0.3, -0.25) is 9.69 Å². The van der Waals surface area contributed by atoms with Gasteiger partial charge in [0, 0.05) is 26.2 Å². The summed E-state index contributed by atoms with van der Waals surface area (Å²) in [5, 5.41) is 0. The number of carbonyl (C=O) groups excluding carboxylic acids is 1. The van der Waals surface area contributed by atoms with Crippen LogP contribution < -0.4 is 5.73 Å². The first-order valence-electron chi connectivity index (χ1n) is 6.43. The van der Waals surface area contributed by atoms with Crippen molar-refractivity contribution in [2.24, 2.45) is 5.73 Å². The molecule has 20 heavy (non-hydrogen) atoms. The summed E-state index contributed by atoms with van der Waals surface area (Å²) in [5.41, 5.74) is 6.35. The van der Waals surface area contributed by atoms with E-state index in [2.05, 4.69) is 0 Å². The van der Waals surface area contributed by atoms with Gasteiger partial charge in [0.15, 0.2) is 0 Å². The fourth-order valence-electron chi connectivity index (χ4n) is 2.48. The lowest BCUT2D eigenvalue weighted by atomic mass is 10.0. The molecule has 0 radical (unpaired) electrons.